The van der Waals surface area contributed by atoms with Gasteiger partial charge in [0.15, 0.2) is 0 Å². The normalized spacial score (nSPS) is 12.8. The summed E-state index contributed by atoms with van der Waals surface area (Å²) < 4.78 is 2.20. The van der Waals surface area contributed by atoms with Crippen LogP contribution in [0.2, 0.25) is 5.02 Å². The number of alkyl halides is 1. The summed E-state index contributed by atoms with van der Waals surface area (Å²) in [5.74, 6) is 0. The van der Waals surface area contributed by atoms with Gasteiger partial charge < -0.3 is 0 Å². The minimum absolute atomic E-state index is 0.159. The quantitative estimate of drug-likeness (QED) is 0.358. The fourth-order valence-electron chi connectivity index (χ4n) is 1.52. The second kappa shape index (κ2) is 5.78. The first kappa shape index (κ1) is 14.1. The molecule has 0 nitrogen and oxygen atoms in total. The van der Waals surface area contributed by atoms with Crippen molar-refractivity contribution in [2.45, 2.75) is 12.3 Å². The van der Waals surface area contributed by atoms with E-state index >= 15 is 0 Å². The molecule has 1 heterocycles. The molecule has 1 unspecified atom stereocenters. The minimum Gasteiger partial charge on any atom is -0.143 e. The summed E-state index contributed by atoms with van der Waals surface area (Å²) in [5, 5.41) is 0.559. The van der Waals surface area contributed by atoms with E-state index in [0.717, 1.165) is 23.5 Å². The Labute approximate surface area is 137 Å². The van der Waals surface area contributed by atoms with Crippen molar-refractivity contribution in [1.29, 1.82) is 0 Å². The maximum atomic E-state index is 6.54. The Balaban J connectivity index is 2.46. The largest absolute Gasteiger partial charge is 0.143 e. The summed E-state index contributed by atoms with van der Waals surface area (Å²) in [4.78, 5) is 2.37. The van der Waals surface area contributed by atoms with Gasteiger partial charge in [0.25, 0.3) is 0 Å². The van der Waals surface area contributed by atoms with Gasteiger partial charge in [-0.2, -0.15) is 0 Å². The Hall–Kier alpha value is 0.710. The van der Waals surface area contributed by atoms with E-state index in [1.54, 1.807) is 11.3 Å². The zero-order valence-corrected chi connectivity index (χ0v) is 14.9. The van der Waals surface area contributed by atoms with Gasteiger partial charge in [-0.05, 0) is 75.3 Å². The predicted octanol–water partition coefficient (Wildman–Crippen LogP) is 6.41. The molecule has 0 radical (unpaired) electrons. The Bertz CT molecular complexity index is 553. The van der Waals surface area contributed by atoms with Crippen molar-refractivity contribution in [2.24, 2.45) is 0 Å². The predicted molar refractivity (Wildman–Crippen MR) is 88.6 cm³/mol. The molecule has 0 saturated carbocycles. The fourth-order valence-corrected chi connectivity index (χ4v) is 4.98. The number of thiophene rings is 1. The van der Waals surface area contributed by atoms with Gasteiger partial charge >= 0.3 is 0 Å². The Kier molecular flexibility index (Phi) is 4.80. The van der Waals surface area contributed by atoms with E-state index in [-0.39, 0.29) is 5.38 Å². The molecule has 0 aliphatic carbocycles. The third-order valence-electron chi connectivity index (χ3n) is 2.30. The van der Waals surface area contributed by atoms with Crippen LogP contribution in [0.5, 0.6) is 0 Å². The monoisotopic (exact) mass is 460 g/mol. The Morgan fingerprint density at radius 1 is 1.35 bits per heavy atom. The van der Waals surface area contributed by atoms with Crippen LogP contribution in [0.4, 0.5) is 0 Å². The van der Waals surface area contributed by atoms with Crippen LogP contribution in [0.1, 0.15) is 20.7 Å². The third-order valence-corrected chi connectivity index (χ3v) is 6.13. The highest BCUT2D eigenvalue weighted by Gasteiger charge is 2.19. The van der Waals surface area contributed by atoms with E-state index in [1.807, 2.05) is 18.2 Å². The van der Waals surface area contributed by atoms with Crippen LogP contribution in [-0.2, 0) is 0 Å². The average molecular weight is 462 g/mol. The van der Waals surface area contributed by atoms with E-state index < -0.39 is 0 Å². The molecule has 90 valence electrons. The Morgan fingerprint density at radius 3 is 2.65 bits per heavy atom. The first-order valence-electron chi connectivity index (χ1n) is 4.84. The summed E-state index contributed by atoms with van der Waals surface area (Å²) in [7, 11) is 0. The number of rotatable bonds is 2. The van der Waals surface area contributed by atoms with E-state index in [0.29, 0.717) is 0 Å². The molecular formula is C12H8BrCl2IS. The standard InChI is InChI=1S/C12H8BrCl2IS/c1-6-4-9(13)12(17-6)11(15)8-5-7(14)2-3-10(8)16/h2-5,11H,1H3. The van der Waals surface area contributed by atoms with E-state index in [2.05, 4.69) is 51.5 Å². The lowest BCUT2D eigenvalue weighted by Gasteiger charge is -2.11. The van der Waals surface area contributed by atoms with Crippen molar-refractivity contribution in [2.75, 3.05) is 0 Å². The van der Waals surface area contributed by atoms with E-state index in [9.17, 15) is 0 Å². The number of hydrogen-bond acceptors (Lipinski definition) is 1. The SMILES string of the molecule is Cc1cc(Br)c(C(Cl)c2cc(Cl)ccc2I)s1. The van der Waals surface area contributed by atoms with Crippen molar-refractivity contribution >= 4 is 73.1 Å². The van der Waals surface area contributed by atoms with Crippen molar-refractivity contribution in [3.8, 4) is 0 Å². The highest BCUT2D eigenvalue weighted by Crippen LogP contribution is 2.41. The van der Waals surface area contributed by atoms with Crippen LogP contribution < -0.4 is 0 Å². The lowest BCUT2D eigenvalue weighted by Crippen LogP contribution is -1.94. The van der Waals surface area contributed by atoms with Crippen LogP contribution in [0.15, 0.2) is 28.7 Å². The smallest absolute Gasteiger partial charge is 0.0949 e. The molecular weight excluding hydrogens is 454 g/mol. The van der Waals surface area contributed by atoms with Gasteiger partial charge in [-0.15, -0.1) is 22.9 Å². The van der Waals surface area contributed by atoms with Crippen LogP contribution in [-0.4, -0.2) is 0 Å². The summed E-state index contributed by atoms with van der Waals surface area (Å²) in [6, 6.07) is 7.89. The van der Waals surface area contributed by atoms with Gasteiger partial charge in [0.05, 0.1) is 5.38 Å². The molecule has 0 aliphatic heterocycles. The molecule has 1 aromatic carbocycles. The minimum atomic E-state index is -0.159. The molecule has 0 amide bonds. The summed E-state index contributed by atoms with van der Waals surface area (Å²) >= 11 is 20.1. The maximum Gasteiger partial charge on any atom is 0.0949 e. The summed E-state index contributed by atoms with van der Waals surface area (Å²) in [5.41, 5.74) is 1.06. The van der Waals surface area contributed by atoms with Gasteiger partial charge in [-0.1, -0.05) is 11.6 Å². The highest BCUT2D eigenvalue weighted by atomic mass is 127. The lowest BCUT2D eigenvalue weighted by molar-refractivity contribution is 1.16. The summed E-state index contributed by atoms with van der Waals surface area (Å²) in [6.07, 6.45) is 0. The van der Waals surface area contributed by atoms with Crippen LogP contribution >= 0.6 is 73.1 Å². The molecule has 0 fully saturated rings. The van der Waals surface area contributed by atoms with Gasteiger partial charge in [0.1, 0.15) is 0 Å². The van der Waals surface area contributed by atoms with Crippen molar-refractivity contribution in [1.82, 2.24) is 0 Å². The maximum absolute atomic E-state index is 6.54. The average Bonchev–Trinajstić information content (AvgIpc) is 2.60. The van der Waals surface area contributed by atoms with Gasteiger partial charge in [-0.25, -0.2) is 0 Å². The molecule has 0 bridgehead atoms. The van der Waals surface area contributed by atoms with Crippen LogP contribution in [0.25, 0.3) is 0 Å². The molecule has 5 heteroatoms. The van der Waals surface area contributed by atoms with Gasteiger partial charge in [0, 0.05) is 22.8 Å². The topological polar surface area (TPSA) is 0 Å². The number of aryl methyl sites for hydroxylation is 1. The van der Waals surface area contributed by atoms with Crippen molar-refractivity contribution in [3.05, 3.63) is 52.6 Å². The highest BCUT2D eigenvalue weighted by molar-refractivity contribution is 14.1. The van der Waals surface area contributed by atoms with Gasteiger partial charge in [-0.3, -0.25) is 0 Å². The Morgan fingerprint density at radius 2 is 2.06 bits per heavy atom. The molecule has 1 aromatic heterocycles. The molecule has 17 heavy (non-hydrogen) atoms. The van der Waals surface area contributed by atoms with E-state index in [1.165, 1.54) is 4.88 Å². The van der Waals surface area contributed by atoms with Crippen LogP contribution in [0.3, 0.4) is 0 Å². The van der Waals surface area contributed by atoms with Crippen LogP contribution in [0, 0.1) is 10.5 Å². The second-order valence-electron chi connectivity index (χ2n) is 3.60. The number of benzene rings is 1. The molecule has 0 saturated heterocycles. The first-order chi connectivity index (χ1) is 7.99. The molecule has 2 rings (SSSR count). The first-order valence-corrected chi connectivity index (χ1v) is 8.34. The molecule has 1 atom stereocenters. The molecule has 2 aromatic rings. The van der Waals surface area contributed by atoms with Crippen molar-refractivity contribution < 1.29 is 0 Å². The van der Waals surface area contributed by atoms with Gasteiger partial charge in [0.2, 0.25) is 0 Å². The van der Waals surface area contributed by atoms with Crippen molar-refractivity contribution in [3.63, 3.8) is 0 Å². The zero-order chi connectivity index (χ0) is 12.6. The molecule has 0 spiro atoms. The number of halogens is 4. The summed E-state index contributed by atoms with van der Waals surface area (Å²) in [6.45, 7) is 2.07. The lowest BCUT2D eigenvalue weighted by atomic mass is 10.1. The molecule has 0 N–H and O–H groups in total. The van der Waals surface area contributed by atoms with E-state index in [4.69, 9.17) is 23.2 Å². The fraction of sp³-hybridized carbons (Fsp3) is 0.167. The zero-order valence-electron chi connectivity index (χ0n) is 8.81. The molecule has 0 aliphatic rings. The third kappa shape index (κ3) is 3.18. The second-order valence-corrected chi connectivity index (χ2v) is 7.77. The number of hydrogen-bond donors (Lipinski definition) is 0.